The molecule has 0 N–H and O–H groups in total. The van der Waals surface area contributed by atoms with Crippen LogP contribution in [0.5, 0.6) is 0 Å². The highest BCUT2D eigenvalue weighted by Crippen LogP contribution is 2.24. The van der Waals surface area contributed by atoms with Crippen LogP contribution in [0.25, 0.3) is 0 Å². The number of esters is 1. The Labute approximate surface area is 86.4 Å². The molecule has 0 saturated heterocycles. The quantitative estimate of drug-likeness (QED) is 0.631. The highest BCUT2D eigenvalue weighted by molar-refractivity contribution is 5.72. The number of ether oxygens (including phenoxy) is 1. The first-order chi connectivity index (χ1) is 6.69. The zero-order valence-electron chi connectivity index (χ0n) is 9.45. The van der Waals surface area contributed by atoms with Gasteiger partial charge >= 0.3 is 5.97 Å². The fourth-order valence-electron chi connectivity index (χ4n) is 1.86. The molecular weight excluding hydrogens is 178 g/mol. The predicted molar refractivity (Wildman–Crippen MR) is 56.1 cm³/mol. The summed E-state index contributed by atoms with van der Waals surface area (Å²) in [6.07, 6.45) is 4.77. The maximum atomic E-state index is 11.4. The van der Waals surface area contributed by atoms with Crippen LogP contribution in [-0.4, -0.2) is 37.6 Å². The van der Waals surface area contributed by atoms with Gasteiger partial charge in [0.15, 0.2) is 0 Å². The van der Waals surface area contributed by atoms with Crippen molar-refractivity contribution in [3.63, 3.8) is 0 Å². The molecule has 1 unspecified atom stereocenters. The van der Waals surface area contributed by atoms with Gasteiger partial charge in [0.1, 0.15) is 0 Å². The largest absolute Gasteiger partial charge is 0.469 e. The average molecular weight is 199 g/mol. The molecule has 1 fully saturated rings. The van der Waals surface area contributed by atoms with Crippen LogP contribution in [0.1, 0.15) is 32.6 Å². The van der Waals surface area contributed by atoms with E-state index in [1.165, 1.54) is 26.4 Å². The van der Waals surface area contributed by atoms with Crippen LogP contribution in [0, 0.1) is 5.92 Å². The maximum absolute atomic E-state index is 11.4. The van der Waals surface area contributed by atoms with E-state index >= 15 is 0 Å². The topological polar surface area (TPSA) is 29.5 Å². The molecule has 0 aromatic heterocycles. The normalized spacial score (nSPS) is 19.1. The molecule has 1 aliphatic carbocycles. The summed E-state index contributed by atoms with van der Waals surface area (Å²) >= 11 is 0. The molecule has 0 spiro atoms. The lowest BCUT2D eigenvalue weighted by Crippen LogP contribution is -2.41. The molecule has 1 saturated carbocycles. The van der Waals surface area contributed by atoms with Crippen molar-refractivity contribution in [2.45, 2.75) is 38.6 Å². The van der Waals surface area contributed by atoms with E-state index in [1.807, 2.05) is 6.92 Å². The third-order valence-corrected chi connectivity index (χ3v) is 3.23. The zero-order valence-corrected chi connectivity index (χ0v) is 9.45. The van der Waals surface area contributed by atoms with Gasteiger partial charge in [-0.15, -0.1) is 0 Å². The number of methoxy groups -OCH3 is 1. The minimum Gasteiger partial charge on any atom is -0.469 e. The second-order valence-electron chi connectivity index (χ2n) is 4.15. The van der Waals surface area contributed by atoms with Gasteiger partial charge in [-0.25, -0.2) is 0 Å². The molecule has 0 aliphatic heterocycles. The van der Waals surface area contributed by atoms with Gasteiger partial charge in [-0.3, -0.25) is 4.79 Å². The SMILES string of the molecule is CCC(CN(C)C1CCC1)C(=O)OC. The van der Waals surface area contributed by atoms with E-state index in [2.05, 4.69) is 11.9 Å². The van der Waals surface area contributed by atoms with Crippen LogP contribution in [-0.2, 0) is 9.53 Å². The van der Waals surface area contributed by atoms with Gasteiger partial charge in [0.05, 0.1) is 13.0 Å². The molecule has 0 aromatic rings. The Morgan fingerprint density at radius 1 is 1.57 bits per heavy atom. The van der Waals surface area contributed by atoms with E-state index in [4.69, 9.17) is 4.74 Å². The minimum atomic E-state index is -0.0707. The summed E-state index contributed by atoms with van der Waals surface area (Å²) in [6.45, 7) is 2.88. The van der Waals surface area contributed by atoms with Gasteiger partial charge < -0.3 is 9.64 Å². The molecule has 1 rings (SSSR count). The maximum Gasteiger partial charge on any atom is 0.309 e. The molecule has 14 heavy (non-hydrogen) atoms. The molecule has 3 heteroatoms. The molecule has 82 valence electrons. The van der Waals surface area contributed by atoms with E-state index in [9.17, 15) is 4.79 Å². The molecule has 0 radical (unpaired) electrons. The number of carbonyl (C=O) groups excluding carboxylic acids is 1. The number of rotatable bonds is 5. The molecular formula is C11H21NO2. The molecule has 1 atom stereocenters. The molecule has 0 heterocycles. The van der Waals surface area contributed by atoms with Crippen molar-refractivity contribution in [3.8, 4) is 0 Å². The van der Waals surface area contributed by atoms with Crippen LogP contribution >= 0.6 is 0 Å². The standard InChI is InChI=1S/C11H21NO2/c1-4-9(11(13)14-3)8-12(2)10-6-5-7-10/h9-10H,4-8H2,1-3H3. The highest BCUT2D eigenvalue weighted by atomic mass is 16.5. The third-order valence-electron chi connectivity index (χ3n) is 3.23. The van der Waals surface area contributed by atoms with Gasteiger partial charge in [0, 0.05) is 12.6 Å². The fraction of sp³-hybridized carbons (Fsp3) is 0.909. The summed E-state index contributed by atoms with van der Waals surface area (Å²) in [6, 6.07) is 0.703. The van der Waals surface area contributed by atoms with Crippen molar-refractivity contribution >= 4 is 5.97 Å². The number of hydrogen-bond acceptors (Lipinski definition) is 3. The summed E-state index contributed by atoms with van der Waals surface area (Å²) < 4.78 is 4.77. The van der Waals surface area contributed by atoms with E-state index in [-0.39, 0.29) is 11.9 Å². The van der Waals surface area contributed by atoms with Gasteiger partial charge in [0.25, 0.3) is 0 Å². The number of hydrogen-bond donors (Lipinski definition) is 0. The van der Waals surface area contributed by atoms with Gasteiger partial charge in [-0.2, -0.15) is 0 Å². The first-order valence-electron chi connectivity index (χ1n) is 5.47. The van der Waals surface area contributed by atoms with E-state index in [0.29, 0.717) is 6.04 Å². The summed E-state index contributed by atoms with van der Waals surface area (Å²) in [5.74, 6) is -0.0238. The Morgan fingerprint density at radius 2 is 2.21 bits per heavy atom. The van der Waals surface area contributed by atoms with Crippen molar-refractivity contribution in [1.29, 1.82) is 0 Å². The molecule has 0 bridgehead atoms. The smallest absolute Gasteiger partial charge is 0.309 e. The lowest BCUT2D eigenvalue weighted by atomic mass is 9.91. The second-order valence-corrected chi connectivity index (χ2v) is 4.15. The Hall–Kier alpha value is -0.570. The van der Waals surface area contributed by atoms with Crippen molar-refractivity contribution in [3.05, 3.63) is 0 Å². The summed E-state index contributed by atoms with van der Waals surface area (Å²) in [5, 5.41) is 0. The van der Waals surface area contributed by atoms with Crippen molar-refractivity contribution in [2.24, 2.45) is 5.92 Å². The molecule has 0 amide bonds. The first kappa shape index (κ1) is 11.5. The highest BCUT2D eigenvalue weighted by Gasteiger charge is 2.26. The van der Waals surface area contributed by atoms with Crippen molar-refractivity contribution < 1.29 is 9.53 Å². The lowest BCUT2D eigenvalue weighted by molar-refractivity contribution is -0.146. The molecule has 1 aliphatic rings. The molecule has 3 nitrogen and oxygen atoms in total. The van der Waals surface area contributed by atoms with E-state index < -0.39 is 0 Å². The first-order valence-corrected chi connectivity index (χ1v) is 5.47. The Balaban J connectivity index is 2.34. The van der Waals surface area contributed by atoms with Gasteiger partial charge in [-0.05, 0) is 26.3 Å². The van der Waals surface area contributed by atoms with Crippen LogP contribution in [0.15, 0.2) is 0 Å². The van der Waals surface area contributed by atoms with Crippen molar-refractivity contribution in [2.75, 3.05) is 20.7 Å². The van der Waals surface area contributed by atoms with Crippen LogP contribution < -0.4 is 0 Å². The Kier molecular flexibility index (Phi) is 4.39. The lowest BCUT2D eigenvalue weighted by Gasteiger charge is -2.36. The summed E-state index contributed by atoms with van der Waals surface area (Å²) in [7, 11) is 3.57. The monoisotopic (exact) mass is 199 g/mol. The predicted octanol–water partition coefficient (Wildman–Crippen LogP) is 1.67. The molecule has 0 aromatic carbocycles. The second kappa shape index (κ2) is 5.35. The van der Waals surface area contributed by atoms with E-state index in [0.717, 1.165) is 13.0 Å². The third kappa shape index (κ3) is 2.71. The number of carbonyl (C=O) groups is 1. The average Bonchev–Trinajstić information content (AvgIpc) is 2.10. The minimum absolute atomic E-state index is 0.0469. The van der Waals surface area contributed by atoms with Crippen LogP contribution in [0.4, 0.5) is 0 Å². The van der Waals surface area contributed by atoms with Gasteiger partial charge in [-0.1, -0.05) is 13.3 Å². The van der Waals surface area contributed by atoms with Crippen LogP contribution in [0.2, 0.25) is 0 Å². The summed E-state index contributed by atoms with van der Waals surface area (Å²) in [4.78, 5) is 13.7. The van der Waals surface area contributed by atoms with E-state index in [1.54, 1.807) is 0 Å². The zero-order chi connectivity index (χ0) is 10.6. The van der Waals surface area contributed by atoms with Crippen molar-refractivity contribution in [1.82, 2.24) is 4.90 Å². The number of nitrogens with zero attached hydrogens (tertiary/aromatic N) is 1. The fourth-order valence-corrected chi connectivity index (χ4v) is 1.86. The Morgan fingerprint density at radius 3 is 2.57 bits per heavy atom. The Bertz CT molecular complexity index is 190. The van der Waals surface area contributed by atoms with Crippen LogP contribution in [0.3, 0.4) is 0 Å². The van der Waals surface area contributed by atoms with Gasteiger partial charge in [0.2, 0.25) is 0 Å². The summed E-state index contributed by atoms with van der Waals surface area (Å²) in [5.41, 5.74) is 0.